The number of benzene rings is 1. The molecule has 4 rings (SSSR count). The summed E-state index contributed by atoms with van der Waals surface area (Å²) in [6.07, 6.45) is 1.25. The van der Waals surface area contributed by atoms with Gasteiger partial charge in [-0.05, 0) is 24.6 Å². The van der Waals surface area contributed by atoms with Gasteiger partial charge in [-0.3, -0.25) is 0 Å². The summed E-state index contributed by atoms with van der Waals surface area (Å²) in [5.41, 5.74) is 7.61. The molecule has 5 nitrogen and oxygen atoms in total. The number of nitrogens with zero attached hydrogens (tertiary/aromatic N) is 1. The normalized spacial score (nSPS) is 22.9. The zero-order valence-corrected chi connectivity index (χ0v) is 12.1. The van der Waals surface area contributed by atoms with Crippen LogP contribution in [0.25, 0.3) is 0 Å². The fourth-order valence-electron chi connectivity index (χ4n) is 2.99. The second kappa shape index (κ2) is 5.76. The van der Waals surface area contributed by atoms with E-state index in [1.54, 1.807) is 0 Å². The summed E-state index contributed by atoms with van der Waals surface area (Å²) in [6.45, 7) is 2.22. The minimum absolute atomic E-state index is 0.267. The van der Waals surface area contributed by atoms with Crippen LogP contribution in [-0.4, -0.2) is 44.8 Å². The molecule has 5 heteroatoms. The van der Waals surface area contributed by atoms with Gasteiger partial charge in [-0.2, -0.15) is 0 Å². The fourth-order valence-corrected chi connectivity index (χ4v) is 2.99. The number of hydrogen-bond acceptors (Lipinski definition) is 5. The summed E-state index contributed by atoms with van der Waals surface area (Å²) in [6, 6.07) is 6.90. The Morgan fingerprint density at radius 3 is 2.81 bits per heavy atom. The molecule has 3 saturated heterocycles. The van der Waals surface area contributed by atoms with Gasteiger partial charge in [-0.25, -0.2) is 4.79 Å². The molecule has 21 heavy (non-hydrogen) atoms. The lowest BCUT2D eigenvalue weighted by atomic mass is 9.90. The van der Waals surface area contributed by atoms with Gasteiger partial charge >= 0.3 is 5.97 Å². The van der Waals surface area contributed by atoms with E-state index in [4.69, 9.17) is 10.5 Å². The van der Waals surface area contributed by atoms with Crippen LogP contribution < -0.4 is 16.0 Å². The van der Waals surface area contributed by atoms with Crippen LogP contribution in [0.1, 0.15) is 22.3 Å². The fraction of sp³-hybridized carbons (Fsp3) is 0.438. The standard InChI is InChI=1S/C16H19N3O2/c1-21-16(20)15-8-14(5-4-11(15)3-2-6-17)19-9-12-7-13(10-19)18-12/h4-5,8,12-13,18H,6-7,9-10,17H2,1H3. The molecule has 3 fully saturated rings. The number of esters is 1. The number of fused-ring (bicyclic) bond motifs is 2. The van der Waals surface area contributed by atoms with Gasteiger partial charge in [0.15, 0.2) is 0 Å². The van der Waals surface area contributed by atoms with Crippen molar-refractivity contribution in [3.05, 3.63) is 29.3 Å². The average molecular weight is 285 g/mol. The van der Waals surface area contributed by atoms with Gasteiger partial charge in [0, 0.05) is 36.4 Å². The second-order valence-electron chi connectivity index (χ2n) is 5.43. The minimum Gasteiger partial charge on any atom is -0.465 e. The van der Waals surface area contributed by atoms with Gasteiger partial charge in [-0.15, -0.1) is 0 Å². The van der Waals surface area contributed by atoms with E-state index in [0.717, 1.165) is 18.8 Å². The van der Waals surface area contributed by atoms with Crippen molar-refractivity contribution in [3.63, 3.8) is 0 Å². The molecule has 3 N–H and O–H groups in total. The highest BCUT2D eigenvalue weighted by molar-refractivity contribution is 5.93. The predicted octanol–water partition coefficient (Wildman–Crippen LogP) is 0.334. The van der Waals surface area contributed by atoms with Gasteiger partial charge in [0.25, 0.3) is 0 Å². The Morgan fingerprint density at radius 2 is 2.19 bits per heavy atom. The van der Waals surface area contributed by atoms with Crippen LogP contribution in [0.3, 0.4) is 0 Å². The third-order valence-electron chi connectivity index (χ3n) is 4.02. The number of methoxy groups -OCH3 is 1. The molecule has 2 unspecified atom stereocenters. The number of nitrogens with one attached hydrogen (secondary N) is 1. The molecule has 0 spiro atoms. The third kappa shape index (κ3) is 2.73. The van der Waals surface area contributed by atoms with Crippen molar-refractivity contribution >= 4 is 11.7 Å². The zero-order chi connectivity index (χ0) is 14.8. The number of ether oxygens (including phenoxy) is 1. The summed E-state index contributed by atoms with van der Waals surface area (Å²) in [7, 11) is 1.38. The van der Waals surface area contributed by atoms with Crippen molar-refractivity contribution in [1.82, 2.24) is 5.32 Å². The molecule has 0 radical (unpaired) electrons. The first-order valence-electron chi connectivity index (χ1n) is 7.13. The highest BCUT2D eigenvalue weighted by atomic mass is 16.5. The van der Waals surface area contributed by atoms with Crippen LogP contribution in [0.2, 0.25) is 0 Å². The third-order valence-corrected chi connectivity index (χ3v) is 4.02. The number of anilines is 1. The molecule has 110 valence electrons. The molecule has 0 amide bonds. The zero-order valence-electron chi connectivity index (χ0n) is 12.1. The van der Waals surface area contributed by atoms with Crippen LogP contribution >= 0.6 is 0 Å². The van der Waals surface area contributed by atoms with E-state index in [1.807, 2.05) is 18.2 Å². The van der Waals surface area contributed by atoms with Gasteiger partial charge < -0.3 is 20.7 Å². The lowest BCUT2D eigenvalue weighted by Crippen LogP contribution is -2.67. The van der Waals surface area contributed by atoms with Crippen molar-refractivity contribution in [2.75, 3.05) is 31.6 Å². The van der Waals surface area contributed by atoms with Crippen LogP contribution in [0, 0.1) is 11.8 Å². The van der Waals surface area contributed by atoms with Crippen molar-refractivity contribution < 1.29 is 9.53 Å². The first-order valence-corrected chi connectivity index (χ1v) is 7.13. The molecule has 0 aromatic heterocycles. The lowest BCUT2D eigenvalue weighted by Gasteiger charge is -2.49. The number of rotatable bonds is 2. The number of hydrogen-bond donors (Lipinski definition) is 2. The Bertz CT molecular complexity index is 602. The van der Waals surface area contributed by atoms with Crippen molar-refractivity contribution in [2.45, 2.75) is 18.5 Å². The number of piperazine rings is 1. The highest BCUT2D eigenvalue weighted by Gasteiger charge is 2.36. The van der Waals surface area contributed by atoms with E-state index < -0.39 is 0 Å². The largest absolute Gasteiger partial charge is 0.465 e. The monoisotopic (exact) mass is 285 g/mol. The van der Waals surface area contributed by atoms with Gasteiger partial charge in [0.1, 0.15) is 0 Å². The second-order valence-corrected chi connectivity index (χ2v) is 5.43. The molecular formula is C16H19N3O2. The molecule has 3 aliphatic heterocycles. The van der Waals surface area contributed by atoms with E-state index in [0.29, 0.717) is 23.2 Å². The molecule has 3 heterocycles. The molecule has 3 aliphatic rings. The van der Waals surface area contributed by atoms with E-state index in [-0.39, 0.29) is 12.5 Å². The number of piperidine rings is 1. The van der Waals surface area contributed by atoms with E-state index in [2.05, 4.69) is 22.1 Å². The first-order chi connectivity index (χ1) is 10.2. The summed E-state index contributed by atoms with van der Waals surface area (Å²) < 4.78 is 4.86. The topological polar surface area (TPSA) is 67.6 Å². The molecular weight excluding hydrogens is 266 g/mol. The first kappa shape index (κ1) is 13.9. The molecule has 0 saturated carbocycles. The summed E-state index contributed by atoms with van der Waals surface area (Å²) in [4.78, 5) is 14.3. The Morgan fingerprint density at radius 1 is 1.48 bits per heavy atom. The Labute approximate surface area is 124 Å². The molecule has 0 aliphatic carbocycles. The number of nitrogens with two attached hydrogens (primary N) is 1. The van der Waals surface area contributed by atoms with E-state index in [9.17, 15) is 4.79 Å². The van der Waals surface area contributed by atoms with Crippen LogP contribution in [0.5, 0.6) is 0 Å². The van der Waals surface area contributed by atoms with Crippen LogP contribution in [0.4, 0.5) is 5.69 Å². The smallest absolute Gasteiger partial charge is 0.339 e. The Hall–Kier alpha value is -2.03. The van der Waals surface area contributed by atoms with Crippen LogP contribution in [0.15, 0.2) is 18.2 Å². The van der Waals surface area contributed by atoms with Crippen molar-refractivity contribution in [1.29, 1.82) is 0 Å². The van der Waals surface area contributed by atoms with E-state index in [1.165, 1.54) is 13.5 Å². The SMILES string of the molecule is COC(=O)c1cc(N2CC3CC(C2)N3)ccc1C#CCN. The van der Waals surface area contributed by atoms with E-state index >= 15 is 0 Å². The maximum absolute atomic E-state index is 12.0. The minimum atomic E-state index is -0.363. The Kier molecular flexibility index (Phi) is 3.82. The Balaban J connectivity index is 1.90. The van der Waals surface area contributed by atoms with Crippen LogP contribution in [-0.2, 0) is 4.74 Å². The number of carbonyl (C=O) groups excluding carboxylic acids is 1. The summed E-state index contributed by atoms with van der Waals surface area (Å²) >= 11 is 0. The molecule has 1 aromatic carbocycles. The predicted molar refractivity (Wildman–Crippen MR) is 81.3 cm³/mol. The van der Waals surface area contributed by atoms with Crippen molar-refractivity contribution in [2.24, 2.45) is 5.73 Å². The highest BCUT2D eigenvalue weighted by Crippen LogP contribution is 2.27. The maximum Gasteiger partial charge on any atom is 0.339 e. The molecule has 1 aromatic rings. The van der Waals surface area contributed by atoms with Gasteiger partial charge in [-0.1, -0.05) is 11.8 Å². The molecule has 2 bridgehead atoms. The lowest BCUT2D eigenvalue weighted by molar-refractivity contribution is 0.0600. The summed E-state index contributed by atoms with van der Waals surface area (Å²) in [5.74, 6) is 5.35. The quantitative estimate of drug-likeness (QED) is 0.605. The summed E-state index contributed by atoms with van der Waals surface area (Å²) in [5, 5.41) is 3.50. The number of carbonyl (C=O) groups is 1. The average Bonchev–Trinajstić information content (AvgIpc) is 2.51. The van der Waals surface area contributed by atoms with Gasteiger partial charge in [0.2, 0.25) is 0 Å². The van der Waals surface area contributed by atoms with Crippen molar-refractivity contribution in [3.8, 4) is 11.8 Å². The maximum atomic E-state index is 12.0. The van der Waals surface area contributed by atoms with Gasteiger partial charge in [0.05, 0.1) is 19.2 Å². The molecule has 2 atom stereocenters.